The molecule has 2 rings (SSSR count). The summed E-state index contributed by atoms with van der Waals surface area (Å²) in [7, 11) is 0. The SMILES string of the molecule is CC1(C)[C@H]2CC/C(=N/O)[C@@]1(C)CC2. The molecular weight excluding hydrogens is 162 g/mol. The fraction of sp³-hybridized carbons (Fsp3) is 0.909. The molecule has 0 heterocycles. The van der Waals surface area contributed by atoms with Gasteiger partial charge in [-0.25, -0.2) is 0 Å². The normalized spacial score (nSPS) is 45.5. The summed E-state index contributed by atoms with van der Waals surface area (Å²) in [4.78, 5) is 0. The van der Waals surface area contributed by atoms with Gasteiger partial charge in [-0.3, -0.25) is 0 Å². The third-order valence-electron chi connectivity index (χ3n) is 4.92. The van der Waals surface area contributed by atoms with Gasteiger partial charge in [-0.2, -0.15) is 0 Å². The maximum Gasteiger partial charge on any atom is 0.0635 e. The van der Waals surface area contributed by atoms with Gasteiger partial charge in [-0.1, -0.05) is 25.9 Å². The highest BCUT2D eigenvalue weighted by Crippen LogP contribution is 2.61. The largest absolute Gasteiger partial charge is 0.411 e. The lowest BCUT2D eigenvalue weighted by Crippen LogP contribution is -2.44. The van der Waals surface area contributed by atoms with Crippen molar-refractivity contribution in [3.05, 3.63) is 0 Å². The highest BCUT2D eigenvalue weighted by molar-refractivity contribution is 5.91. The Bertz CT molecular complexity index is 257. The van der Waals surface area contributed by atoms with Gasteiger partial charge in [0.15, 0.2) is 0 Å². The molecule has 0 aromatic heterocycles. The number of oxime groups is 1. The van der Waals surface area contributed by atoms with Gasteiger partial charge in [0.2, 0.25) is 0 Å². The Labute approximate surface area is 80.0 Å². The highest BCUT2D eigenvalue weighted by Gasteiger charge is 2.56. The van der Waals surface area contributed by atoms with Crippen molar-refractivity contribution in [2.45, 2.75) is 46.5 Å². The standard InChI is InChI=1S/C11H19NO/c1-10(2)8-4-5-9(12-13)11(10,3)7-6-8/h8,13H,4-7H2,1-3H3/b12-9-/t8-,11+/m0/s1. The topological polar surface area (TPSA) is 32.6 Å². The number of nitrogens with zero attached hydrogens (tertiary/aromatic N) is 1. The van der Waals surface area contributed by atoms with E-state index in [1.807, 2.05) is 0 Å². The number of fused-ring (bicyclic) bond motifs is 2. The molecule has 0 aromatic rings. The average molecular weight is 181 g/mol. The van der Waals surface area contributed by atoms with E-state index in [9.17, 15) is 0 Å². The second kappa shape index (κ2) is 2.49. The Balaban J connectivity index is 2.44. The molecule has 2 heteroatoms. The minimum Gasteiger partial charge on any atom is -0.411 e. The van der Waals surface area contributed by atoms with Crippen molar-refractivity contribution in [2.24, 2.45) is 21.9 Å². The Kier molecular flexibility index (Phi) is 1.73. The zero-order chi connectivity index (χ0) is 9.69. The van der Waals surface area contributed by atoms with E-state index in [0.29, 0.717) is 5.41 Å². The summed E-state index contributed by atoms with van der Waals surface area (Å²) in [5, 5.41) is 12.5. The van der Waals surface area contributed by atoms with Crippen molar-refractivity contribution < 1.29 is 5.21 Å². The van der Waals surface area contributed by atoms with Gasteiger partial charge in [0.25, 0.3) is 0 Å². The highest BCUT2D eigenvalue weighted by atomic mass is 16.4. The first kappa shape index (κ1) is 9.04. The summed E-state index contributed by atoms with van der Waals surface area (Å²) in [6, 6.07) is 0. The Morgan fingerprint density at radius 3 is 2.62 bits per heavy atom. The van der Waals surface area contributed by atoms with E-state index < -0.39 is 0 Å². The van der Waals surface area contributed by atoms with Crippen LogP contribution >= 0.6 is 0 Å². The Morgan fingerprint density at radius 2 is 2.00 bits per heavy atom. The van der Waals surface area contributed by atoms with Gasteiger partial charge in [0.05, 0.1) is 5.71 Å². The minimum absolute atomic E-state index is 0.157. The summed E-state index contributed by atoms with van der Waals surface area (Å²) < 4.78 is 0. The van der Waals surface area contributed by atoms with Crippen molar-refractivity contribution in [2.75, 3.05) is 0 Å². The molecule has 0 saturated heterocycles. The van der Waals surface area contributed by atoms with Crippen LogP contribution in [-0.2, 0) is 0 Å². The van der Waals surface area contributed by atoms with Crippen LogP contribution in [-0.4, -0.2) is 10.9 Å². The van der Waals surface area contributed by atoms with E-state index in [4.69, 9.17) is 5.21 Å². The zero-order valence-electron chi connectivity index (χ0n) is 8.80. The zero-order valence-corrected chi connectivity index (χ0v) is 8.80. The van der Waals surface area contributed by atoms with Gasteiger partial charge >= 0.3 is 0 Å². The fourth-order valence-electron chi connectivity index (χ4n) is 3.36. The molecule has 0 aromatic carbocycles. The van der Waals surface area contributed by atoms with E-state index in [1.165, 1.54) is 19.3 Å². The molecule has 2 saturated carbocycles. The molecule has 2 nitrogen and oxygen atoms in total. The molecule has 2 fully saturated rings. The van der Waals surface area contributed by atoms with E-state index >= 15 is 0 Å². The van der Waals surface area contributed by atoms with Crippen LogP contribution in [0, 0.1) is 16.7 Å². The van der Waals surface area contributed by atoms with Crippen molar-refractivity contribution in [1.82, 2.24) is 0 Å². The number of hydrogen-bond donors (Lipinski definition) is 1. The Morgan fingerprint density at radius 1 is 1.31 bits per heavy atom. The summed E-state index contributed by atoms with van der Waals surface area (Å²) in [6.07, 6.45) is 4.72. The lowest BCUT2D eigenvalue weighted by molar-refractivity contribution is 0.120. The molecule has 2 aliphatic carbocycles. The van der Waals surface area contributed by atoms with Crippen molar-refractivity contribution in [3.8, 4) is 0 Å². The van der Waals surface area contributed by atoms with Crippen LogP contribution < -0.4 is 0 Å². The number of hydrogen-bond acceptors (Lipinski definition) is 2. The van der Waals surface area contributed by atoms with E-state index in [-0.39, 0.29) is 5.41 Å². The molecule has 2 atom stereocenters. The summed E-state index contributed by atoms with van der Waals surface area (Å²) in [5.41, 5.74) is 1.52. The molecule has 0 spiro atoms. The second-order valence-electron chi connectivity index (χ2n) is 5.37. The predicted molar refractivity (Wildman–Crippen MR) is 53.1 cm³/mol. The molecule has 2 aliphatic rings. The van der Waals surface area contributed by atoms with E-state index in [2.05, 4.69) is 25.9 Å². The molecule has 0 aliphatic heterocycles. The third-order valence-corrected chi connectivity index (χ3v) is 4.92. The van der Waals surface area contributed by atoms with Gasteiger partial charge in [-0.05, 0) is 37.0 Å². The Hall–Kier alpha value is -0.530. The first-order valence-corrected chi connectivity index (χ1v) is 5.24. The molecule has 0 radical (unpaired) electrons. The molecule has 0 amide bonds. The molecule has 0 unspecified atom stereocenters. The van der Waals surface area contributed by atoms with E-state index in [1.54, 1.807) is 0 Å². The average Bonchev–Trinajstić information content (AvgIpc) is 2.24. The van der Waals surface area contributed by atoms with Gasteiger partial charge in [0, 0.05) is 5.41 Å². The molecule has 1 N–H and O–H groups in total. The van der Waals surface area contributed by atoms with Gasteiger partial charge in [0.1, 0.15) is 0 Å². The quantitative estimate of drug-likeness (QED) is 0.452. The van der Waals surface area contributed by atoms with Crippen LogP contribution in [0.4, 0.5) is 0 Å². The summed E-state index contributed by atoms with van der Waals surface area (Å²) >= 11 is 0. The first-order chi connectivity index (χ1) is 6.02. The van der Waals surface area contributed by atoms with Crippen LogP contribution in [0.1, 0.15) is 46.5 Å². The van der Waals surface area contributed by atoms with Crippen LogP contribution in [0.2, 0.25) is 0 Å². The van der Waals surface area contributed by atoms with Crippen molar-refractivity contribution >= 4 is 5.71 Å². The summed E-state index contributed by atoms with van der Waals surface area (Å²) in [5.74, 6) is 0.836. The monoisotopic (exact) mass is 181 g/mol. The van der Waals surface area contributed by atoms with Crippen molar-refractivity contribution in [1.29, 1.82) is 0 Å². The lowest BCUT2D eigenvalue weighted by Gasteiger charge is -2.46. The number of rotatable bonds is 0. The van der Waals surface area contributed by atoms with Crippen LogP contribution in [0.5, 0.6) is 0 Å². The lowest BCUT2D eigenvalue weighted by atomic mass is 9.58. The van der Waals surface area contributed by atoms with Crippen LogP contribution in [0.15, 0.2) is 5.16 Å². The third kappa shape index (κ3) is 0.918. The van der Waals surface area contributed by atoms with Crippen LogP contribution in [0.25, 0.3) is 0 Å². The van der Waals surface area contributed by atoms with Gasteiger partial charge < -0.3 is 5.21 Å². The maximum atomic E-state index is 9.00. The predicted octanol–water partition coefficient (Wildman–Crippen LogP) is 3.05. The minimum atomic E-state index is 0.157. The molecule has 74 valence electrons. The summed E-state index contributed by atoms with van der Waals surface area (Å²) in [6.45, 7) is 6.92. The maximum absolute atomic E-state index is 9.00. The fourth-order valence-corrected chi connectivity index (χ4v) is 3.36. The molecule has 2 bridgehead atoms. The first-order valence-electron chi connectivity index (χ1n) is 5.24. The molecular formula is C11H19NO. The smallest absolute Gasteiger partial charge is 0.0635 e. The van der Waals surface area contributed by atoms with Crippen molar-refractivity contribution in [3.63, 3.8) is 0 Å². The molecule has 13 heavy (non-hydrogen) atoms. The van der Waals surface area contributed by atoms with Crippen LogP contribution in [0.3, 0.4) is 0 Å². The van der Waals surface area contributed by atoms with E-state index in [0.717, 1.165) is 18.1 Å². The second-order valence-corrected chi connectivity index (χ2v) is 5.37. The van der Waals surface area contributed by atoms with Gasteiger partial charge in [-0.15, -0.1) is 0 Å².